The number of rotatable bonds is 3. The molecule has 1 saturated heterocycles. The minimum Gasteiger partial charge on any atom is -0.481 e. The predicted molar refractivity (Wildman–Crippen MR) is 72.1 cm³/mol. The fraction of sp³-hybridized carbons (Fsp3) is 0.429. The minimum atomic E-state index is -0.802. The molecule has 0 bridgehead atoms. The molecule has 0 saturated carbocycles. The largest absolute Gasteiger partial charge is 0.481 e. The number of nitrogens with one attached hydrogen (secondary N) is 1. The SMILES string of the molecule is Cc1cccc(NC(=O)N2CC(C(C)C(=O)O)C2)c1. The average Bonchev–Trinajstić information content (AvgIpc) is 2.26. The summed E-state index contributed by atoms with van der Waals surface area (Å²) in [5, 5.41) is 11.7. The van der Waals surface area contributed by atoms with Crippen LogP contribution in [0.2, 0.25) is 0 Å². The molecule has 0 aliphatic carbocycles. The lowest BCUT2D eigenvalue weighted by atomic mass is 9.87. The zero-order chi connectivity index (χ0) is 14.0. The highest BCUT2D eigenvalue weighted by Crippen LogP contribution is 2.24. The van der Waals surface area contributed by atoms with Crippen LogP contribution in [-0.4, -0.2) is 35.1 Å². The van der Waals surface area contributed by atoms with E-state index >= 15 is 0 Å². The number of aliphatic carboxylic acids is 1. The number of carboxylic acid groups (broad SMARTS) is 1. The Bertz CT molecular complexity index is 495. The number of likely N-dealkylation sites (tertiary alicyclic amines) is 1. The van der Waals surface area contributed by atoms with Gasteiger partial charge < -0.3 is 15.3 Å². The smallest absolute Gasteiger partial charge is 0.321 e. The van der Waals surface area contributed by atoms with Crippen molar-refractivity contribution in [2.45, 2.75) is 13.8 Å². The summed E-state index contributed by atoms with van der Waals surface area (Å²) < 4.78 is 0. The molecule has 0 spiro atoms. The molecule has 1 fully saturated rings. The van der Waals surface area contributed by atoms with Gasteiger partial charge in [0.15, 0.2) is 0 Å². The fourth-order valence-electron chi connectivity index (χ4n) is 2.12. The Labute approximate surface area is 112 Å². The first-order valence-electron chi connectivity index (χ1n) is 6.33. The number of hydrogen-bond donors (Lipinski definition) is 2. The van der Waals surface area contributed by atoms with E-state index in [2.05, 4.69) is 5.32 Å². The highest BCUT2D eigenvalue weighted by atomic mass is 16.4. The van der Waals surface area contributed by atoms with Crippen LogP contribution in [0.1, 0.15) is 12.5 Å². The van der Waals surface area contributed by atoms with Gasteiger partial charge in [-0.3, -0.25) is 4.79 Å². The van der Waals surface area contributed by atoms with Crippen LogP contribution in [0.5, 0.6) is 0 Å². The lowest BCUT2D eigenvalue weighted by molar-refractivity contribution is -0.144. The van der Waals surface area contributed by atoms with Crippen molar-refractivity contribution < 1.29 is 14.7 Å². The number of hydrogen-bond acceptors (Lipinski definition) is 2. The maximum Gasteiger partial charge on any atom is 0.321 e. The molecule has 1 aliphatic heterocycles. The van der Waals surface area contributed by atoms with Gasteiger partial charge in [0.25, 0.3) is 0 Å². The standard InChI is InChI=1S/C14H18N2O3/c1-9-4-3-5-12(6-9)15-14(19)16-7-11(8-16)10(2)13(17)18/h3-6,10-11H,7-8H2,1-2H3,(H,15,19)(H,17,18). The van der Waals surface area contributed by atoms with Crippen molar-refractivity contribution in [1.82, 2.24) is 4.90 Å². The van der Waals surface area contributed by atoms with Crippen molar-refractivity contribution in [2.24, 2.45) is 11.8 Å². The molecule has 2 N–H and O–H groups in total. The summed E-state index contributed by atoms with van der Waals surface area (Å²) in [6, 6.07) is 7.41. The van der Waals surface area contributed by atoms with Gasteiger partial charge in [-0.2, -0.15) is 0 Å². The monoisotopic (exact) mass is 262 g/mol. The van der Waals surface area contributed by atoms with Gasteiger partial charge in [0, 0.05) is 24.7 Å². The number of urea groups is 1. The molecular weight excluding hydrogens is 244 g/mol. The van der Waals surface area contributed by atoms with Crippen molar-refractivity contribution in [2.75, 3.05) is 18.4 Å². The van der Waals surface area contributed by atoms with Gasteiger partial charge in [0.2, 0.25) is 0 Å². The molecular formula is C14H18N2O3. The van der Waals surface area contributed by atoms with E-state index in [1.807, 2.05) is 31.2 Å². The second-order valence-electron chi connectivity index (χ2n) is 5.09. The second-order valence-corrected chi connectivity index (χ2v) is 5.09. The molecule has 1 aromatic carbocycles. The molecule has 0 radical (unpaired) electrons. The predicted octanol–water partition coefficient (Wildman–Crippen LogP) is 2.18. The number of carbonyl (C=O) groups excluding carboxylic acids is 1. The maximum atomic E-state index is 11.9. The molecule has 1 unspecified atom stereocenters. The molecule has 2 rings (SSSR count). The van der Waals surface area contributed by atoms with E-state index in [-0.39, 0.29) is 11.9 Å². The van der Waals surface area contributed by atoms with Gasteiger partial charge in [0.1, 0.15) is 0 Å². The van der Waals surface area contributed by atoms with Crippen LogP contribution in [0.3, 0.4) is 0 Å². The molecule has 5 nitrogen and oxygen atoms in total. The summed E-state index contributed by atoms with van der Waals surface area (Å²) in [7, 11) is 0. The summed E-state index contributed by atoms with van der Waals surface area (Å²) in [5.74, 6) is -1.15. The zero-order valence-electron chi connectivity index (χ0n) is 11.1. The van der Waals surface area contributed by atoms with E-state index in [1.54, 1.807) is 11.8 Å². The van der Waals surface area contributed by atoms with Crippen LogP contribution < -0.4 is 5.32 Å². The number of anilines is 1. The Kier molecular flexibility index (Phi) is 3.74. The van der Waals surface area contributed by atoms with E-state index in [1.165, 1.54) is 0 Å². The number of carboxylic acids is 1. The van der Waals surface area contributed by atoms with Crippen LogP contribution in [0.4, 0.5) is 10.5 Å². The second kappa shape index (κ2) is 5.30. The van der Waals surface area contributed by atoms with Crippen LogP contribution in [0.15, 0.2) is 24.3 Å². The maximum absolute atomic E-state index is 11.9. The van der Waals surface area contributed by atoms with E-state index in [0.717, 1.165) is 11.3 Å². The quantitative estimate of drug-likeness (QED) is 0.877. The van der Waals surface area contributed by atoms with Gasteiger partial charge in [-0.1, -0.05) is 19.1 Å². The number of amides is 2. The molecule has 5 heteroatoms. The highest BCUT2D eigenvalue weighted by Gasteiger charge is 2.37. The Morgan fingerprint density at radius 3 is 2.68 bits per heavy atom. The van der Waals surface area contributed by atoms with Crippen molar-refractivity contribution >= 4 is 17.7 Å². The van der Waals surface area contributed by atoms with Gasteiger partial charge >= 0.3 is 12.0 Å². The molecule has 1 heterocycles. The van der Waals surface area contributed by atoms with Crippen molar-refractivity contribution in [3.8, 4) is 0 Å². The first kappa shape index (κ1) is 13.4. The summed E-state index contributed by atoms with van der Waals surface area (Å²) in [4.78, 5) is 24.4. The molecule has 0 aromatic heterocycles. The van der Waals surface area contributed by atoms with Crippen LogP contribution in [0, 0.1) is 18.8 Å². The van der Waals surface area contributed by atoms with Crippen LogP contribution in [0.25, 0.3) is 0 Å². The number of aryl methyl sites for hydroxylation is 1. The number of carbonyl (C=O) groups is 2. The van der Waals surface area contributed by atoms with E-state index in [0.29, 0.717) is 13.1 Å². The molecule has 1 atom stereocenters. The Morgan fingerprint density at radius 2 is 2.11 bits per heavy atom. The van der Waals surface area contributed by atoms with E-state index in [4.69, 9.17) is 5.11 Å². The lowest BCUT2D eigenvalue weighted by Crippen LogP contribution is -2.54. The Hall–Kier alpha value is -2.04. The molecule has 1 aliphatic rings. The summed E-state index contributed by atoms with van der Waals surface area (Å²) >= 11 is 0. The molecule has 19 heavy (non-hydrogen) atoms. The third kappa shape index (κ3) is 3.05. The first-order chi connectivity index (χ1) is 8.97. The van der Waals surface area contributed by atoms with Gasteiger partial charge in [-0.15, -0.1) is 0 Å². The highest BCUT2D eigenvalue weighted by molar-refractivity contribution is 5.90. The summed E-state index contributed by atoms with van der Waals surface area (Å²) in [5.41, 5.74) is 1.85. The van der Waals surface area contributed by atoms with Gasteiger partial charge in [-0.05, 0) is 24.6 Å². The van der Waals surface area contributed by atoms with Gasteiger partial charge in [0.05, 0.1) is 5.92 Å². The van der Waals surface area contributed by atoms with E-state index < -0.39 is 11.9 Å². The summed E-state index contributed by atoms with van der Waals surface area (Å²) in [6.07, 6.45) is 0. The third-order valence-corrected chi connectivity index (χ3v) is 3.56. The third-order valence-electron chi connectivity index (χ3n) is 3.56. The van der Waals surface area contributed by atoms with Crippen molar-refractivity contribution in [3.05, 3.63) is 29.8 Å². The molecule has 2 amide bonds. The molecule has 1 aromatic rings. The molecule has 102 valence electrons. The minimum absolute atomic E-state index is 0.0563. The normalized spacial score (nSPS) is 16.6. The van der Waals surface area contributed by atoms with Crippen LogP contribution >= 0.6 is 0 Å². The van der Waals surface area contributed by atoms with Gasteiger partial charge in [-0.25, -0.2) is 4.79 Å². The van der Waals surface area contributed by atoms with Crippen molar-refractivity contribution in [3.63, 3.8) is 0 Å². The topological polar surface area (TPSA) is 69.6 Å². The first-order valence-corrected chi connectivity index (χ1v) is 6.33. The number of benzene rings is 1. The Morgan fingerprint density at radius 1 is 1.42 bits per heavy atom. The number of nitrogens with zero attached hydrogens (tertiary/aromatic N) is 1. The average molecular weight is 262 g/mol. The van der Waals surface area contributed by atoms with Crippen LogP contribution in [-0.2, 0) is 4.79 Å². The lowest BCUT2D eigenvalue weighted by Gasteiger charge is -2.41. The fourth-order valence-corrected chi connectivity index (χ4v) is 2.12. The van der Waals surface area contributed by atoms with Crippen molar-refractivity contribution in [1.29, 1.82) is 0 Å². The van der Waals surface area contributed by atoms with E-state index in [9.17, 15) is 9.59 Å². The zero-order valence-corrected chi connectivity index (χ0v) is 11.1. The summed E-state index contributed by atoms with van der Waals surface area (Å²) in [6.45, 7) is 4.66. The Balaban J connectivity index is 1.85.